The minimum atomic E-state index is -2.48. The summed E-state index contributed by atoms with van der Waals surface area (Å²) in [5.74, 6) is 1.58. The van der Waals surface area contributed by atoms with Crippen molar-refractivity contribution in [2.75, 3.05) is 42.0 Å². The molecule has 3 unspecified atom stereocenters. The third-order valence-electron chi connectivity index (χ3n) is 9.44. The lowest BCUT2D eigenvalue weighted by Crippen LogP contribution is -3.00. The highest BCUT2D eigenvalue weighted by atomic mass is 35.5. The highest BCUT2D eigenvalue weighted by molar-refractivity contribution is 6.60. The first-order chi connectivity index (χ1) is 17.8. The molecule has 4 nitrogen and oxygen atoms in total. The standard InChI is InChI=1S/C32H68NO3Si.ClH/c1-8-9-10-11-12-13-14-15-16-17-18-19-20-21-22-23-27-33(3,4)32-25-24-30(2)29-31(32)26-28-37(34-5,35-6)36-7;/h30-32H,8-29H2,1-7H3;1H/q+1;/p-1. The molecule has 0 amide bonds. The van der Waals surface area contributed by atoms with Crippen LogP contribution in [0.4, 0.5) is 0 Å². The summed E-state index contributed by atoms with van der Waals surface area (Å²) < 4.78 is 18.4. The van der Waals surface area contributed by atoms with E-state index in [0.29, 0.717) is 0 Å². The lowest BCUT2D eigenvalue weighted by atomic mass is 9.76. The molecule has 1 saturated carbocycles. The van der Waals surface area contributed by atoms with Crippen LogP contribution < -0.4 is 12.4 Å². The summed E-state index contributed by atoms with van der Waals surface area (Å²) in [5.41, 5.74) is 0. The van der Waals surface area contributed by atoms with E-state index in [1.807, 2.05) is 0 Å². The maximum Gasteiger partial charge on any atom is 0.500 e. The maximum atomic E-state index is 5.73. The van der Waals surface area contributed by atoms with Gasteiger partial charge in [0.1, 0.15) is 0 Å². The summed E-state index contributed by atoms with van der Waals surface area (Å²) in [4.78, 5) is 0. The van der Waals surface area contributed by atoms with E-state index in [-0.39, 0.29) is 12.4 Å². The molecule has 3 atom stereocenters. The van der Waals surface area contributed by atoms with Crippen molar-refractivity contribution >= 4 is 8.80 Å². The molecule has 0 aromatic heterocycles. The first-order valence-corrected chi connectivity index (χ1v) is 18.3. The Labute approximate surface area is 246 Å². The van der Waals surface area contributed by atoms with Crippen molar-refractivity contribution in [1.29, 1.82) is 0 Å². The van der Waals surface area contributed by atoms with Gasteiger partial charge >= 0.3 is 8.80 Å². The predicted molar refractivity (Wildman–Crippen MR) is 163 cm³/mol. The fourth-order valence-corrected chi connectivity index (χ4v) is 8.70. The molecular weight excluding hydrogens is 510 g/mol. The van der Waals surface area contributed by atoms with Gasteiger partial charge in [0.2, 0.25) is 0 Å². The Morgan fingerprint density at radius 2 is 1.08 bits per heavy atom. The second-order valence-electron chi connectivity index (χ2n) is 12.9. The molecule has 0 radical (unpaired) electrons. The van der Waals surface area contributed by atoms with Crippen LogP contribution in [0.25, 0.3) is 0 Å². The van der Waals surface area contributed by atoms with Crippen LogP contribution >= 0.6 is 0 Å². The molecule has 0 N–H and O–H groups in total. The van der Waals surface area contributed by atoms with Gasteiger partial charge in [-0.2, -0.15) is 0 Å². The first-order valence-electron chi connectivity index (χ1n) is 16.3. The third-order valence-corrected chi connectivity index (χ3v) is 12.2. The summed E-state index contributed by atoms with van der Waals surface area (Å²) in [6, 6.07) is 1.69. The van der Waals surface area contributed by atoms with Crippen molar-refractivity contribution in [3.05, 3.63) is 0 Å². The average molecular weight is 578 g/mol. The lowest BCUT2D eigenvalue weighted by molar-refractivity contribution is -0.920. The Hall–Kier alpha value is 0.347. The van der Waals surface area contributed by atoms with Crippen molar-refractivity contribution in [3.63, 3.8) is 0 Å². The predicted octanol–water partition coefficient (Wildman–Crippen LogP) is 6.40. The lowest BCUT2D eigenvalue weighted by Gasteiger charge is -2.46. The summed E-state index contributed by atoms with van der Waals surface area (Å²) in [7, 11) is 7.74. The minimum Gasteiger partial charge on any atom is -1.00 e. The van der Waals surface area contributed by atoms with Crippen LogP contribution in [0.3, 0.4) is 0 Å². The zero-order chi connectivity index (χ0) is 27.4. The van der Waals surface area contributed by atoms with E-state index < -0.39 is 8.80 Å². The maximum absolute atomic E-state index is 5.73. The molecule has 0 saturated heterocycles. The topological polar surface area (TPSA) is 27.7 Å². The quantitative estimate of drug-likeness (QED) is 0.0754. The highest BCUT2D eigenvalue weighted by Gasteiger charge is 2.43. The van der Waals surface area contributed by atoms with Crippen LogP contribution in [0.5, 0.6) is 0 Å². The van der Waals surface area contributed by atoms with Gasteiger partial charge in [-0.3, -0.25) is 0 Å². The van der Waals surface area contributed by atoms with Crippen LogP contribution in [-0.2, 0) is 13.3 Å². The Morgan fingerprint density at radius 1 is 0.658 bits per heavy atom. The number of unbranched alkanes of at least 4 members (excludes halogenated alkanes) is 15. The van der Waals surface area contributed by atoms with E-state index in [0.717, 1.165) is 30.3 Å². The van der Waals surface area contributed by atoms with E-state index >= 15 is 0 Å². The summed E-state index contributed by atoms with van der Waals surface area (Å²) in [6.45, 7) is 6.05. The van der Waals surface area contributed by atoms with Crippen molar-refractivity contribution < 1.29 is 30.2 Å². The molecule has 6 heteroatoms. The van der Waals surface area contributed by atoms with Crippen LogP contribution in [0.15, 0.2) is 0 Å². The zero-order valence-electron chi connectivity index (χ0n) is 26.8. The molecule has 0 bridgehead atoms. The van der Waals surface area contributed by atoms with Gasteiger partial charge in [0.25, 0.3) is 0 Å². The molecule has 38 heavy (non-hydrogen) atoms. The number of hydrogen-bond acceptors (Lipinski definition) is 3. The zero-order valence-corrected chi connectivity index (χ0v) is 28.6. The van der Waals surface area contributed by atoms with Crippen LogP contribution in [0.1, 0.15) is 142 Å². The third kappa shape index (κ3) is 16.0. The molecule has 1 aliphatic carbocycles. The Bertz CT molecular complexity index is 525. The van der Waals surface area contributed by atoms with Gasteiger partial charge in [-0.15, -0.1) is 0 Å². The van der Waals surface area contributed by atoms with Crippen molar-refractivity contribution in [2.24, 2.45) is 11.8 Å². The van der Waals surface area contributed by atoms with Gasteiger partial charge in [-0.05, 0) is 44.4 Å². The number of hydrogen-bond donors (Lipinski definition) is 0. The van der Waals surface area contributed by atoms with Crippen LogP contribution in [0, 0.1) is 11.8 Å². The second-order valence-corrected chi connectivity index (χ2v) is 16.0. The molecule has 0 spiro atoms. The smallest absolute Gasteiger partial charge is 0.500 e. The van der Waals surface area contributed by atoms with E-state index in [9.17, 15) is 0 Å². The first kappa shape index (κ1) is 38.3. The van der Waals surface area contributed by atoms with Crippen molar-refractivity contribution in [2.45, 2.75) is 154 Å². The highest BCUT2D eigenvalue weighted by Crippen LogP contribution is 2.38. The van der Waals surface area contributed by atoms with E-state index in [1.54, 1.807) is 21.3 Å². The van der Waals surface area contributed by atoms with E-state index in [1.165, 1.54) is 133 Å². The molecular formula is C32H68ClNO3Si. The Kier molecular flexibility index (Phi) is 23.2. The summed E-state index contributed by atoms with van der Waals surface area (Å²) >= 11 is 0. The van der Waals surface area contributed by atoms with Crippen LogP contribution in [0.2, 0.25) is 6.04 Å². The molecule has 0 heterocycles. The fourth-order valence-electron chi connectivity index (χ4n) is 6.86. The number of nitrogens with zero attached hydrogens (tertiary/aromatic N) is 1. The number of rotatable bonds is 24. The molecule has 0 aromatic rings. The fraction of sp³-hybridized carbons (Fsp3) is 1.00. The largest absolute Gasteiger partial charge is 1.00 e. The number of halogens is 1. The molecule has 230 valence electrons. The summed E-state index contributed by atoms with van der Waals surface area (Å²) in [6.07, 6.45) is 28.3. The van der Waals surface area contributed by atoms with Gasteiger partial charge in [-0.25, -0.2) is 0 Å². The molecule has 1 aliphatic rings. The van der Waals surface area contributed by atoms with E-state index in [2.05, 4.69) is 27.9 Å². The molecule has 0 aromatic carbocycles. The van der Waals surface area contributed by atoms with Gasteiger partial charge in [-0.1, -0.05) is 104 Å². The van der Waals surface area contributed by atoms with Gasteiger partial charge in [0.15, 0.2) is 0 Å². The van der Waals surface area contributed by atoms with Crippen molar-refractivity contribution in [3.8, 4) is 0 Å². The molecule has 1 fully saturated rings. The van der Waals surface area contributed by atoms with Gasteiger partial charge in [0.05, 0.1) is 26.7 Å². The average Bonchev–Trinajstić information content (AvgIpc) is 2.89. The number of quaternary nitrogens is 1. The monoisotopic (exact) mass is 577 g/mol. The SMILES string of the molecule is CCCCCCCCCCCCCCCCCC[N+](C)(C)C1CCC(C)CC1CC[Si](OC)(OC)OC.[Cl-]. The Morgan fingerprint density at radius 3 is 1.50 bits per heavy atom. The molecule has 0 aliphatic heterocycles. The normalized spacial score (nSPS) is 20.4. The van der Waals surface area contributed by atoms with Gasteiger partial charge in [0, 0.05) is 33.3 Å². The van der Waals surface area contributed by atoms with Crippen molar-refractivity contribution in [1.82, 2.24) is 0 Å². The minimum absolute atomic E-state index is 0. The Balaban J connectivity index is 0.0000137. The van der Waals surface area contributed by atoms with Gasteiger partial charge < -0.3 is 30.2 Å². The van der Waals surface area contributed by atoms with Crippen LogP contribution in [-0.4, -0.2) is 61.3 Å². The summed E-state index contributed by atoms with van der Waals surface area (Å²) in [5, 5.41) is 0. The molecule has 1 rings (SSSR count). The second kappa shape index (κ2) is 23.0. The van der Waals surface area contributed by atoms with E-state index in [4.69, 9.17) is 13.3 Å².